The number of rotatable bonds is 1. The van der Waals surface area contributed by atoms with E-state index in [1.54, 1.807) is 4.90 Å². The van der Waals surface area contributed by atoms with Crippen molar-refractivity contribution in [1.82, 2.24) is 9.80 Å². The predicted octanol–water partition coefficient (Wildman–Crippen LogP) is 1.75. The van der Waals surface area contributed by atoms with Crippen molar-refractivity contribution in [2.24, 2.45) is 0 Å². The smallest absolute Gasteiger partial charge is 0.248 e. The third-order valence-corrected chi connectivity index (χ3v) is 6.41. The van der Waals surface area contributed by atoms with E-state index in [1.807, 2.05) is 0 Å². The van der Waals surface area contributed by atoms with E-state index in [1.165, 1.54) is 17.0 Å². The Bertz CT molecular complexity index is 756. The molecule has 6 nitrogen and oxygen atoms in total. The number of piperidine rings is 1. The van der Waals surface area contributed by atoms with Crippen LogP contribution in [0.3, 0.4) is 0 Å². The zero-order chi connectivity index (χ0) is 17.9. The van der Waals surface area contributed by atoms with Crippen LogP contribution in [0.5, 0.6) is 5.75 Å². The van der Waals surface area contributed by atoms with E-state index < -0.39 is 18.2 Å². The standard InChI is InChI=1S/C17H18Cl2N2O4/c18-9-1-2-11(22)13(14(9)19)8-3-5-20-10(7-8)16(24)21-6-4-12(23)15(21)17(20)25/h1-2,8,10,12,15,22-23H,3-7H2/t8-,10+,12+,15-/m1/s1. The Labute approximate surface area is 154 Å². The minimum absolute atomic E-state index is 0.0527. The lowest BCUT2D eigenvalue weighted by Crippen LogP contribution is -2.66. The molecule has 0 saturated carbocycles. The first-order valence-corrected chi connectivity index (χ1v) is 9.11. The van der Waals surface area contributed by atoms with E-state index in [9.17, 15) is 19.8 Å². The second-order valence-electron chi connectivity index (χ2n) is 6.90. The average Bonchev–Trinajstić information content (AvgIpc) is 2.98. The maximum Gasteiger partial charge on any atom is 0.248 e. The second-order valence-corrected chi connectivity index (χ2v) is 7.68. The normalized spacial score (nSPS) is 32.0. The van der Waals surface area contributed by atoms with E-state index in [2.05, 4.69) is 0 Å². The van der Waals surface area contributed by atoms with Crippen molar-refractivity contribution in [3.8, 4) is 5.75 Å². The van der Waals surface area contributed by atoms with Crippen LogP contribution in [0.2, 0.25) is 10.0 Å². The van der Waals surface area contributed by atoms with Crippen LogP contribution in [0.15, 0.2) is 12.1 Å². The number of carbonyl (C=O) groups excluding carboxylic acids is 2. The molecule has 3 aliphatic rings. The molecule has 0 aromatic heterocycles. The SMILES string of the molecule is O=C1[C@H]2[C@@H](O)CCN2C(=O)[C@@H]2C[C@H](c3c(O)ccc(Cl)c3Cl)CCN12. The number of hydrogen-bond donors (Lipinski definition) is 2. The van der Waals surface area contributed by atoms with Gasteiger partial charge >= 0.3 is 0 Å². The van der Waals surface area contributed by atoms with Crippen molar-refractivity contribution in [2.75, 3.05) is 13.1 Å². The van der Waals surface area contributed by atoms with Crippen LogP contribution in [-0.2, 0) is 9.59 Å². The first kappa shape index (κ1) is 16.9. The van der Waals surface area contributed by atoms with Crippen LogP contribution in [0, 0.1) is 0 Å². The highest BCUT2D eigenvalue weighted by Gasteiger charge is 2.53. The number of fused-ring (bicyclic) bond motifs is 2. The van der Waals surface area contributed by atoms with Crippen LogP contribution < -0.4 is 0 Å². The number of benzene rings is 1. The lowest BCUT2D eigenvalue weighted by Gasteiger charge is -2.47. The molecule has 0 bridgehead atoms. The van der Waals surface area contributed by atoms with E-state index in [0.29, 0.717) is 48.0 Å². The van der Waals surface area contributed by atoms with Gasteiger partial charge in [0.1, 0.15) is 17.8 Å². The summed E-state index contributed by atoms with van der Waals surface area (Å²) in [4.78, 5) is 28.6. The summed E-state index contributed by atoms with van der Waals surface area (Å²) >= 11 is 12.4. The molecule has 8 heteroatoms. The monoisotopic (exact) mass is 384 g/mol. The Morgan fingerprint density at radius 1 is 1.04 bits per heavy atom. The van der Waals surface area contributed by atoms with E-state index in [0.717, 1.165) is 0 Å². The average molecular weight is 385 g/mol. The number of nitrogens with zero attached hydrogens (tertiary/aromatic N) is 2. The first-order chi connectivity index (χ1) is 11.9. The van der Waals surface area contributed by atoms with Crippen LogP contribution in [-0.4, -0.2) is 63.1 Å². The number of halogens is 2. The van der Waals surface area contributed by atoms with Crippen molar-refractivity contribution in [2.45, 2.75) is 43.4 Å². The number of hydrogen-bond acceptors (Lipinski definition) is 4. The molecule has 0 radical (unpaired) electrons. The molecule has 4 rings (SSSR count). The van der Waals surface area contributed by atoms with E-state index in [-0.39, 0.29) is 23.5 Å². The summed E-state index contributed by atoms with van der Waals surface area (Å²) in [6, 6.07) is 1.70. The first-order valence-electron chi connectivity index (χ1n) is 8.36. The summed E-state index contributed by atoms with van der Waals surface area (Å²) in [5.74, 6) is -0.428. The molecule has 134 valence electrons. The third-order valence-electron chi connectivity index (χ3n) is 5.59. The van der Waals surface area contributed by atoms with Crippen LogP contribution in [0.1, 0.15) is 30.7 Å². The number of phenols is 1. The molecule has 0 unspecified atom stereocenters. The van der Waals surface area contributed by atoms with Gasteiger partial charge < -0.3 is 20.0 Å². The number of carbonyl (C=O) groups is 2. The molecular weight excluding hydrogens is 367 g/mol. The highest BCUT2D eigenvalue weighted by Crippen LogP contribution is 2.44. The predicted molar refractivity (Wildman–Crippen MR) is 91.7 cm³/mol. The van der Waals surface area contributed by atoms with Crippen molar-refractivity contribution < 1.29 is 19.8 Å². The molecule has 3 fully saturated rings. The Kier molecular flexibility index (Phi) is 4.09. The van der Waals surface area contributed by atoms with Gasteiger partial charge in [0.15, 0.2) is 0 Å². The number of aromatic hydroxyl groups is 1. The Balaban J connectivity index is 1.65. The van der Waals surface area contributed by atoms with Gasteiger partial charge in [-0.25, -0.2) is 0 Å². The summed E-state index contributed by atoms with van der Waals surface area (Å²) in [5, 5.41) is 20.9. The molecule has 1 aromatic carbocycles. The number of amides is 2. The molecule has 3 heterocycles. The lowest BCUT2D eigenvalue weighted by molar-refractivity contribution is -0.164. The molecule has 1 aromatic rings. The Hall–Kier alpha value is -1.50. The molecule has 2 N–H and O–H groups in total. The fourth-order valence-electron chi connectivity index (χ4n) is 4.35. The number of aliphatic hydroxyl groups is 1. The van der Waals surface area contributed by atoms with Gasteiger partial charge in [-0.2, -0.15) is 0 Å². The molecule has 4 atom stereocenters. The van der Waals surface area contributed by atoms with Crippen LogP contribution in [0.25, 0.3) is 0 Å². The summed E-state index contributed by atoms with van der Waals surface area (Å²) in [5.41, 5.74) is 0.539. The quantitative estimate of drug-likeness (QED) is 0.772. The molecule has 0 spiro atoms. The molecular formula is C17H18Cl2N2O4. The van der Waals surface area contributed by atoms with Crippen LogP contribution >= 0.6 is 23.2 Å². The summed E-state index contributed by atoms with van der Waals surface area (Å²) in [6.07, 6.45) is 0.595. The topological polar surface area (TPSA) is 81.1 Å². The number of piperazine rings is 1. The number of phenolic OH excluding ortho intramolecular Hbond substituents is 1. The zero-order valence-electron chi connectivity index (χ0n) is 13.4. The van der Waals surface area contributed by atoms with E-state index >= 15 is 0 Å². The number of aliphatic hydroxyl groups excluding tert-OH is 1. The van der Waals surface area contributed by atoms with Crippen LogP contribution in [0.4, 0.5) is 0 Å². The second kappa shape index (κ2) is 6.04. The minimum Gasteiger partial charge on any atom is -0.508 e. The van der Waals surface area contributed by atoms with E-state index in [4.69, 9.17) is 23.2 Å². The van der Waals surface area contributed by atoms with Gasteiger partial charge in [0.05, 0.1) is 16.1 Å². The lowest BCUT2D eigenvalue weighted by atomic mass is 9.82. The Morgan fingerprint density at radius 3 is 2.52 bits per heavy atom. The van der Waals surface area contributed by atoms with Crippen molar-refractivity contribution in [3.05, 3.63) is 27.7 Å². The minimum atomic E-state index is -0.790. The molecule has 3 aliphatic heterocycles. The summed E-state index contributed by atoms with van der Waals surface area (Å²) in [7, 11) is 0. The van der Waals surface area contributed by atoms with Gasteiger partial charge in [-0.3, -0.25) is 9.59 Å². The fourth-order valence-corrected chi connectivity index (χ4v) is 4.83. The van der Waals surface area contributed by atoms with Crippen molar-refractivity contribution in [1.29, 1.82) is 0 Å². The molecule has 3 saturated heterocycles. The summed E-state index contributed by atoms with van der Waals surface area (Å²) < 4.78 is 0. The highest BCUT2D eigenvalue weighted by atomic mass is 35.5. The van der Waals surface area contributed by atoms with Gasteiger partial charge in [0.25, 0.3) is 0 Å². The maximum atomic E-state index is 12.8. The Morgan fingerprint density at radius 2 is 1.76 bits per heavy atom. The zero-order valence-corrected chi connectivity index (χ0v) is 14.9. The van der Waals surface area contributed by atoms with Crippen molar-refractivity contribution in [3.63, 3.8) is 0 Å². The van der Waals surface area contributed by atoms with Gasteiger partial charge in [0, 0.05) is 18.7 Å². The third kappa shape index (κ3) is 2.50. The molecule has 25 heavy (non-hydrogen) atoms. The maximum absolute atomic E-state index is 12.8. The van der Waals surface area contributed by atoms with Gasteiger partial charge in [-0.15, -0.1) is 0 Å². The molecule has 0 aliphatic carbocycles. The fraction of sp³-hybridized carbons (Fsp3) is 0.529. The van der Waals surface area contributed by atoms with Gasteiger partial charge in [-0.05, 0) is 37.3 Å². The van der Waals surface area contributed by atoms with Gasteiger partial charge in [0.2, 0.25) is 11.8 Å². The largest absolute Gasteiger partial charge is 0.508 e. The van der Waals surface area contributed by atoms with Crippen molar-refractivity contribution >= 4 is 35.0 Å². The highest BCUT2D eigenvalue weighted by molar-refractivity contribution is 6.42. The molecule has 2 amide bonds. The summed E-state index contributed by atoms with van der Waals surface area (Å²) in [6.45, 7) is 0.786. The van der Waals surface area contributed by atoms with Gasteiger partial charge in [-0.1, -0.05) is 23.2 Å².